The number of non-ortho nitro benzene ring substituents is 1. The Balaban J connectivity index is 1.94. The fraction of sp³-hybridized carbons (Fsp3) is 0.125. The van der Waals surface area contributed by atoms with E-state index in [0.29, 0.717) is 28.7 Å². The fourth-order valence-corrected chi connectivity index (χ4v) is 2.10. The third-order valence-electron chi connectivity index (χ3n) is 2.99. The van der Waals surface area contributed by atoms with Crippen LogP contribution in [0.3, 0.4) is 0 Å². The molecule has 124 valence electrons. The predicted octanol–water partition coefficient (Wildman–Crippen LogP) is 3.58. The van der Waals surface area contributed by atoms with Gasteiger partial charge in [-0.25, -0.2) is 4.79 Å². The first kappa shape index (κ1) is 17.4. The highest BCUT2D eigenvalue weighted by atomic mass is 32.1. The molecular weight excluding hydrogens is 330 g/mol. The van der Waals surface area contributed by atoms with Crippen LogP contribution in [0.2, 0.25) is 0 Å². The minimum absolute atomic E-state index is 0.00832. The van der Waals surface area contributed by atoms with Gasteiger partial charge in [0.2, 0.25) is 0 Å². The number of carbonyl (C=O) groups is 1. The van der Waals surface area contributed by atoms with Gasteiger partial charge in [-0.3, -0.25) is 10.1 Å². The van der Waals surface area contributed by atoms with E-state index in [9.17, 15) is 14.9 Å². The van der Waals surface area contributed by atoms with Crippen molar-refractivity contribution in [3.8, 4) is 0 Å². The Morgan fingerprint density at radius 1 is 1.08 bits per heavy atom. The Labute approximate surface area is 143 Å². The van der Waals surface area contributed by atoms with E-state index in [1.807, 2.05) is 0 Å². The van der Waals surface area contributed by atoms with Gasteiger partial charge in [0.25, 0.3) is 5.69 Å². The van der Waals surface area contributed by atoms with Gasteiger partial charge >= 0.3 is 5.97 Å². The fourth-order valence-electron chi connectivity index (χ4n) is 1.86. The SMILES string of the molecule is CCOC(=O)c1ccc(NC(=S)Nc2ccc([N+](=O)[O-])cc2)cc1. The second-order valence-corrected chi connectivity index (χ2v) is 5.09. The second-order valence-electron chi connectivity index (χ2n) is 4.68. The summed E-state index contributed by atoms with van der Waals surface area (Å²) in [6.45, 7) is 2.07. The molecule has 2 N–H and O–H groups in total. The summed E-state index contributed by atoms with van der Waals surface area (Å²) in [4.78, 5) is 21.7. The van der Waals surface area contributed by atoms with E-state index in [1.165, 1.54) is 12.1 Å². The molecule has 2 aromatic rings. The molecule has 0 saturated heterocycles. The molecule has 0 heterocycles. The van der Waals surface area contributed by atoms with Gasteiger partial charge < -0.3 is 15.4 Å². The van der Waals surface area contributed by atoms with Crippen LogP contribution in [0, 0.1) is 10.1 Å². The van der Waals surface area contributed by atoms with Crippen molar-refractivity contribution in [2.75, 3.05) is 17.2 Å². The molecular formula is C16H15N3O4S. The van der Waals surface area contributed by atoms with Crippen molar-refractivity contribution < 1.29 is 14.5 Å². The smallest absolute Gasteiger partial charge is 0.338 e. The maximum absolute atomic E-state index is 11.6. The minimum Gasteiger partial charge on any atom is -0.462 e. The molecule has 0 spiro atoms. The normalized spacial score (nSPS) is 9.88. The van der Waals surface area contributed by atoms with Crippen molar-refractivity contribution in [1.29, 1.82) is 0 Å². The van der Waals surface area contributed by atoms with Crippen LogP contribution in [0.1, 0.15) is 17.3 Å². The first-order chi connectivity index (χ1) is 11.5. The number of esters is 1. The van der Waals surface area contributed by atoms with Crippen molar-refractivity contribution in [3.05, 3.63) is 64.2 Å². The lowest BCUT2D eigenvalue weighted by atomic mass is 10.2. The number of ether oxygens (including phenoxy) is 1. The number of rotatable bonds is 5. The Morgan fingerprint density at radius 2 is 1.58 bits per heavy atom. The number of nitro benzene ring substituents is 1. The highest BCUT2D eigenvalue weighted by Gasteiger charge is 2.07. The number of nitrogens with zero attached hydrogens (tertiary/aromatic N) is 1. The van der Waals surface area contributed by atoms with Crippen molar-refractivity contribution >= 4 is 40.4 Å². The molecule has 0 atom stereocenters. The number of hydrogen-bond donors (Lipinski definition) is 2. The molecule has 2 rings (SSSR count). The first-order valence-corrected chi connectivity index (χ1v) is 7.50. The summed E-state index contributed by atoms with van der Waals surface area (Å²) in [5, 5.41) is 16.8. The van der Waals surface area contributed by atoms with E-state index in [2.05, 4.69) is 10.6 Å². The third-order valence-corrected chi connectivity index (χ3v) is 3.19. The summed E-state index contributed by atoms with van der Waals surface area (Å²) in [6.07, 6.45) is 0. The number of hydrogen-bond acceptors (Lipinski definition) is 5. The first-order valence-electron chi connectivity index (χ1n) is 7.09. The molecule has 0 amide bonds. The van der Waals surface area contributed by atoms with Gasteiger partial charge in [-0.05, 0) is 55.5 Å². The molecule has 0 unspecified atom stereocenters. The van der Waals surface area contributed by atoms with Gasteiger partial charge in [0, 0.05) is 23.5 Å². The summed E-state index contributed by atoms with van der Waals surface area (Å²) in [5.41, 5.74) is 1.79. The molecule has 0 radical (unpaired) electrons. The van der Waals surface area contributed by atoms with E-state index in [0.717, 1.165) is 0 Å². The Morgan fingerprint density at radius 3 is 2.04 bits per heavy atom. The third kappa shape index (κ3) is 4.75. The van der Waals surface area contributed by atoms with Crippen LogP contribution in [0.15, 0.2) is 48.5 Å². The topological polar surface area (TPSA) is 93.5 Å². The Kier molecular flexibility index (Phi) is 5.80. The van der Waals surface area contributed by atoms with Crippen LogP contribution in [0.5, 0.6) is 0 Å². The molecule has 24 heavy (non-hydrogen) atoms. The summed E-state index contributed by atoms with van der Waals surface area (Å²) in [5.74, 6) is -0.379. The second kappa shape index (κ2) is 8.02. The molecule has 7 nitrogen and oxygen atoms in total. The van der Waals surface area contributed by atoms with E-state index in [-0.39, 0.29) is 11.7 Å². The quantitative estimate of drug-likeness (QED) is 0.370. The van der Waals surface area contributed by atoms with Crippen molar-refractivity contribution in [2.24, 2.45) is 0 Å². The van der Waals surface area contributed by atoms with E-state index in [1.54, 1.807) is 43.3 Å². The summed E-state index contributed by atoms with van der Waals surface area (Å²) < 4.78 is 4.91. The van der Waals surface area contributed by atoms with E-state index < -0.39 is 4.92 Å². The molecule has 2 aromatic carbocycles. The zero-order valence-electron chi connectivity index (χ0n) is 12.8. The van der Waals surface area contributed by atoms with Crippen molar-refractivity contribution in [2.45, 2.75) is 6.92 Å². The van der Waals surface area contributed by atoms with Gasteiger partial charge in [0.1, 0.15) is 0 Å². The summed E-state index contributed by atoms with van der Waals surface area (Å²) in [6, 6.07) is 12.6. The van der Waals surface area contributed by atoms with Crippen LogP contribution in [-0.2, 0) is 4.74 Å². The summed E-state index contributed by atoms with van der Waals surface area (Å²) >= 11 is 5.18. The zero-order valence-corrected chi connectivity index (χ0v) is 13.6. The predicted molar refractivity (Wildman–Crippen MR) is 95.3 cm³/mol. The molecule has 8 heteroatoms. The van der Waals surface area contributed by atoms with Gasteiger partial charge in [-0.1, -0.05) is 0 Å². The number of nitro groups is 1. The van der Waals surface area contributed by atoms with Crippen LogP contribution in [0.25, 0.3) is 0 Å². The highest BCUT2D eigenvalue weighted by molar-refractivity contribution is 7.80. The average Bonchev–Trinajstić information content (AvgIpc) is 2.56. The number of benzene rings is 2. The lowest BCUT2D eigenvalue weighted by Gasteiger charge is -2.11. The van der Waals surface area contributed by atoms with Gasteiger partial charge in [0.15, 0.2) is 5.11 Å². The molecule has 0 bridgehead atoms. The number of thiocarbonyl (C=S) groups is 1. The minimum atomic E-state index is -0.467. The van der Waals surface area contributed by atoms with Gasteiger partial charge in [-0.15, -0.1) is 0 Å². The maximum atomic E-state index is 11.6. The molecule has 0 fully saturated rings. The Hall–Kier alpha value is -3.00. The Bertz CT molecular complexity index is 745. The van der Waals surface area contributed by atoms with Crippen LogP contribution in [0.4, 0.5) is 17.1 Å². The number of nitrogens with one attached hydrogen (secondary N) is 2. The van der Waals surface area contributed by atoms with Crippen LogP contribution < -0.4 is 10.6 Å². The van der Waals surface area contributed by atoms with Crippen LogP contribution in [-0.4, -0.2) is 22.6 Å². The number of anilines is 2. The largest absolute Gasteiger partial charge is 0.462 e. The average molecular weight is 345 g/mol. The van der Waals surface area contributed by atoms with Crippen molar-refractivity contribution in [1.82, 2.24) is 0 Å². The van der Waals surface area contributed by atoms with Crippen LogP contribution >= 0.6 is 12.2 Å². The standard InChI is InChI=1S/C16H15N3O4S/c1-2-23-15(20)11-3-5-12(6-4-11)17-16(24)18-13-7-9-14(10-8-13)19(21)22/h3-10H,2H2,1H3,(H2,17,18,24). The molecule has 0 aliphatic rings. The monoisotopic (exact) mass is 345 g/mol. The molecule has 0 aliphatic carbocycles. The lowest BCUT2D eigenvalue weighted by molar-refractivity contribution is -0.384. The zero-order chi connectivity index (χ0) is 17.5. The van der Waals surface area contributed by atoms with Gasteiger partial charge in [-0.2, -0.15) is 0 Å². The summed E-state index contributed by atoms with van der Waals surface area (Å²) in [7, 11) is 0. The number of carbonyl (C=O) groups excluding carboxylic acids is 1. The van der Waals surface area contributed by atoms with Gasteiger partial charge in [0.05, 0.1) is 17.1 Å². The lowest BCUT2D eigenvalue weighted by Crippen LogP contribution is -2.19. The van der Waals surface area contributed by atoms with E-state index in [4.69, 9.17) is 17.0 Å². The molecule has 0 aromatic heterocycles. The van der Waals surface area contributed by atoms with E-state index >= 15 is 0 Å². The maximum Gasteiger partial charge on any atom is 0.338 e. The highest BCUT2D eigenvalue weighted by Crippen LogP contribution is 2.16. The molecule has 0 aliphatic heterocycles. The molecule has 0 saturated carbocycles. The van der Waals surface area contributed by atoms with Crippen molar-refractivity contribution in [3.63, 3.8) is 0 Å².